The molecule has 2 rings (SSSR count). The van der Waals surface area contributed by atoms with E-state index >= 15 is 0 Å². The molecule has 22 heavy (non-hydrogen) atoms. The fourth-order valence-corrected chi connectivity index (χ4v) is 3.42. The number of halogens is 1. The number of benzene rings is 1. The second-order valence-corrected chi connectivity index (χ2v) is 6.67. The summed E-state index contributed by atoms with van der Waals surface area (Å²) >= 11 is 1.37. The third kappa shape index (κ3) is 3.30. The molecule has 0 aliphatic heterocycles. The molecule has 0 saturated heterocycles. The first-order valence-corrected chi connectivity index (χ1v) is 7.85. The highest BCUT2D eigenvalue weighted by Crippen LogP contribution is 2.28. The predicted molar refractivity (Wildman–Crippen MR) is 86.3 cm³/mol. The normalized spacial score (nSPS) is 12.2. The summed E-state index contributed by atoms with van der Waals surface area (Å²) in [6.07, 6.45) is 0. The summed E-state index contributed by atoms with van der Waals surface area (Å²) < 4.78 is 12.9. The molecule has 0 saturated carbocycles. The van der Waals surface area contributed by atoms with Gasteiger partial charge in [-0.25, -0.2) is 4.39 Å². The number of carbonyl (C=O) groups is 2. The van der Waals surface area contributed by atoms with Gasteiger partial charge in [0.1, 0.15) is 5.82 Å². The van der Waals surface area contributed by atoms with Crippen LogP contribution in [0.3, 0.4) is 0 Å². The minimum atomic E-state index is -0.331. The van der Waals surface area contributed by atoms with Gasteiger partial charge >= 0.3 is 0 Å². The summed E-state index contributed by atoms with van der Waals surface area (Å²) in [6, 6.07) is 6.05. The van der Waals surface area contributed by atoms with Crippen molar-refractivity contribution in [3.63, 3.8) is 0 Å². The van der Waals surface area contributed by atoms with Crippen molar-refractivity contribution in [2.24, 2.45) is 0 Å². The molecular formula is C17H18FNO2S. The van der Waals surface area contributed by atoms with E-state index in [1.165, 1.54) is 30.8 Å². The van der Waals surface area contributed by atoms with E-state index in [0.717, 1.165) is 4.90 Å². The van der Waals surface area contributed by atoms with Gasteiger partial charge in [-0.2, -0.15) is 0 Å². The number of ketones is 2. The summed E-state index contributed by atoms with van der Waals surface area (Å²) in [5.74, 6) is -0.420. The Bertz CT molecular complexity index is 719. The molecule has 1 aromatic carbocycles. The zero-order valence-corrected chi connectivity index (χ0v) is 13.8. The van der Waals surface area contributed by atoms with E-state index in [2.05, 4.69) is 4.98 Å². The molecule has 1 atom stereocenters. The molecule has 0 fully saturated rings. The number of nitrogens with one attached hydrogen (secondary N) is 1. The average molecular weight is 319 g/mol. The Morgan fingerprint density at radius 2 is 1.77 bits per heavy atom. The van der Waals surface area contributed by atoms with Crippen molar-refractivity contribution < 1.29 is 14.0 Å². The Hall–Kier alpha value is -1.88. The number of Topliss-reactive ketones (excluding diaryl/α,β-unsaturated/α-hetero) is 2. The lowest BCUT2D eigenvalue weighted by atomic mass is 10.0. The van der Waals surface area contributed by atoms with Crippen LogP contribution in [-0.2, 0) is 0 Å². The highest BCUT2D eigenvalue weighted by molar-refractivity contribution is 8.00. The molecule has 0 bridgehead atoms. The third-order valence-corrected chi connectivity index (χ3v) is 4.64. The van der Waals surface area contributed by atoms with Crippen LogP contribution in [-0.4, -0.2) is 21.8 Å². The van der Waals surface area contributed by atoms with E-state index in [4.69, 9.17) is 0 Å². The van der Waals surface area contributed by atoms with E-state index in [9.17, 15) is 14.0 Å². The molecular weight excluding hydrogens is 301 g/mol. The van der Waals surface area contributed by atoms with Crippen LogP contribution in [0.5, 0.6) is 0 Å². The molecule has 116 valence electrons. The maximum absolute atomic E-state index is 12.9. The number of hydrogen-bond acceptors (Lipinski definition) is 3. The number of thioether (sulfide) groups is 1. The molecule has 1 unspecified atom stereocenters. The van der Waals surface area contributed by atoms with Gasteiger partial charge in [-0.3, -0.25) is 9.59 Å². The standard InChI is InChI=1S/C17H18FNO2S/c1-9-15(11(3)20)10(2)19-16(9)17(21)12(4)22-14-7-5-13(18)6-8-14/h5-8,12,19H,1-4H3. The maximum atomic E-state index is 12.9. The second-order valence-electron chi connectivity index (χ2n) is 5.26. The quantitative estimate of drug-likeness (QED) is 0.659. The minimum absolute atomic E-state index is 0.0517. The molecule has 2 aromatic rings. The van der Waals surface area contributed by atoms with Crippen molar-refractivity contribution in [3.05, 3.63) is 52.6 Å². The van der Waals surface area contributed by atoms with Gasteiger partial charge < -0.3 is 4.98 Å². The lowest BCUT2D eigenvalue weighted by molar-refractivity contribution is 0.0988. The molecule has 5 heteroatoms. The van der Waals surface area contributed by atoms with Gasteiger partial charge in [0.15, 0.2) is 11.6 Å². The van der Waals surface area contributed by atoms with E-state index < -0.39 is 0 Å². The first-order chi connectivity index (χ1) is 10.3. The number of aryl methyl sites for hydroxylation is 1. The van der Waals surface area contributed by atoms with Crippen LogP contribution in [0.2, 0.25) is 0 Å². The fraction of sp³-hybridized carbons (Fsp3) is 0.294. The Morgan fingerprint density at radius 1 is 1.18 bits per heavy atom. The van der Waals surface area contributed by atoms with E-state index in [0.29, 0.717) is 22.5 Å². The van der Waals surface area contributed by atoms with Crippen molar-refractivity contribution in [3.8, 4) is 0 Å². The van der Waals surface area contributed by atoms with Crippen LogP contribution < -0.4 is 0 Å². The van der Waals surface area contributed by atoms with Crippen molar-refractivity contribution in [1.82, 2.24) is 4.98 Å². The molecule has 1 aromatic heterocycles. The first-order valence-electron chi connectivity index (χ1n) is 6.97. The zero-order chi connectivity index (χ0) is 16.4. The maximum Gasteiger partial charge on any atom is 0.192 e. The van der Waals surface area contributed by atoms with Gasteiger partial charge in [0.05, 0.1) is 10.9 Å². The summed E-state index contributed by atoms with van der Waals surface area (Å²) in [4.78, 5) is 28.1. The Balaban J connectivity index is 2.22. The highest BCUT2D eigenvalue weighted by Gasteiger charge is 2.24. The molecule has 0 spiro atoms. The summed E-state index contributed by atoms with van der Waals surface area (Å²) in [6.45, 7) is 6.87. The number of carbonyl (C=O) groups excluding carboxylic acids is 2. The van der Waals surface area contributed by atoms with Crippen LogP contribution >= 0.6 is 11.8 Å². The number of hydrogen-bond donors (Lipinski definition) is 1. The molecule has 0 aliphatic rings. The largest absolute Gasteiger partial charge is 0.355 e. The lowest BCUT2D eigenvalue weighted by Crippen LogP contribution is -2.15. The summed E-state index contributed by atoms with van der Waals surface area (Å²) in [7, 11) is 0. The SMILES string of the molecule is CC(=O)c1c(C)[nH]c(C(=O)C(C)Sc2ccc(F)cc2)c1C. The molecule has 3 nitrogen and oxygen atoms in total. The third-order valence-electron chi connectivity index (χ3n) is 3.53. The molecule has 0 amide bonds. The molecule has 0 radical (unpaired) electrons. The summed E-state index contributed by atoms with van der Waals surface area (Å²) in [5, 5.41) is -0.331. The monoisotopic (exact) mass is 319 g/mol. The van der Waals surface area contributed by atoms with Gasteiger partial charge in [-0.05, 0) is 57.5 Å². The van der Waals surface area contributed by atoms with Crippen LogP contribution in [0.25, 0.3) is 0 Å². The average Bonchev–Trinajstić information content (AvgIpc) is 2.75. The highest BCUT2D eigenvalue weighted by atomic mass is 32.2. The van der Waals surface area contributed by atoms with Crippen LogP contribution in [0.1, 0.15) is 46.0 Å². The van der Waals surface area contributed by atoms with Gasteiger partial charge in [-0.15, -0.1) is 11.8 Å². The van der Waals surface area contributed by atoms with Gasteiger partial charge in [-0.1, -0.05) is 0 Å². The van der Waals surface area contributed by atoms with E-state index in [1.54, 1.807) is 32.9 Å². The van der Waals surface area contributed by atoms with Crippen LogP contribution in [0.15, 0.2) is 29.2 Å². The fourth-order valence-electron chi connectivity index (χ4n) is 2.50. The number of aromatic amines is 1. The van der Waals surface area contributed by atoms with E-state index in [-0.39, 0.29) is 22.6 Å². The Labute approximate surface area is 133 Å². The topological polar surface area (TPSA) is 49.9 Å². The van der Waals surface area contributed by atoms with Crippen molar-refractivity contribution in [1.29, 1.82) is 0 Å². The Morgan fingerprint density at radius 3 is 2.27 bits per heavy atom. The van der Waals surface area contributed by atoms with Gasteiger partial charge in [0, 0.05) is 16.2 Å². The molecule has 0 aliphatic carbocycles. The smallest absolute Gasteiger partial charge is 0.192 e. The predicted octanol–water partition coefficient (Wildman–Crippen LogP) is 4.34. The van der Waals surface area contributed by atoms with Crippen molar-refractivity contribution in [2.45, 2.75) is 37.8 Å². The van der Waals surface area contributed by atoms with Gasteiger partial charge in [0.2, 0.25) is 0 Å². The zero-order valence-electron chi connectivity index (χ0n) is 13.0. The molecule has 1 N–H and O–H groups in total. The van der Waals surface area contributed by atoms with Gasteiger partial charge in [0.25, 0.3) is 0 Å². The summed E-state index contributed by atoms with van der Waals surface area (Å²) in [5.41, 5.74) is 2.47. The van der Waals surface area contributed by atoms with Crippen LogP contribution in [0, 0.1) is 19.7 Å². The molecule has 1 heterocycles. The van der Waals surface area contributed by atoms with Crippen molar-refractivity contribution >= 4 is 23.3 Å². The second kappa shape index (κ2) is 6.48. The van der Waals surface area contributed by atoms with Crippen LogP contribution in [0.4, 0.5) is 4.39 Å². The minimum Gasteiger partial charge on any atom is -0.355 e. The number of H-pyrrole nitrogens is 1. The number of aromatic nitrogens is 1. The van der Waals surface area contributed by atoms with Crippen molar-refractivity contribution in [2.75, 3.05) is 0 Å². The lowest BCUT2D eigenvalue weighted by Gasteiger charge is -2.10. The van der Waals surface area contributed by atoms with E-state index in [1.807, 2.05) is 0 Å². The Kier molecular flexibility index (Phi) is 4.86. The first kappa shape index (κ1) is 16.5. The number of rotatable bonds is 5.